The van der Waals surface area contributed by atoms with Gasteiger partial charge in [-0.3, -0.25) is 0 Å². The first-order chi connectivity index (χ1) is 5.86. The molecule has 0 aliphatic rings. The second kappa shape index (κ2) is 4.94. The highest BCUT2D eigenvalue weighted by atomic mass is 14.8. The second-order valence-electron chi connectivity index (χ2n) is 3.06. The van der Waals surface area contributed by atoms with Crippen molar-refractivity contribution in [1.29, 1.82) is 0 Å². The zero-order chi connectivity index (χ0) is 8.81. The van der Waals surface area contributed by atoms with Crippen molar-refractivity contribution in [3.8, 4) is 0 Å². The van der Waals surface area contributed by atoms with Crippen molar-refractivity contribution in [2.45, 2.75) is 26.3 Å². The highest BCUT2D eigenvalue weighted by Gasteiger charge is 1.92. The van der Waals surface area contributed by atoms with Gasteiger partial charge in [0, 0.05) is 5.56 Å². The molecule has 0 aliphatic heterocycles. The summed E-state index contributed by atoms with van der Waals surface area (Å²) in [5.74, 6) is 0. The van der Waals surface area contributed by atoms with Crippen molar-refractivity contribution in [1.82, 2.24) is 0 Å². The van der Waals surface area contributed by atoms with E-state index in [2.05, 4.69) is 38.2 Å². The van der Waals surface area contributed by atoms with E-state index in [9.17, 15) is 0 Å². The van der Waals surface area contributed by atoms with Gasteiger partial charge >= 0.3 is 0 Å². The summed E-state index contributed by atoms with van der Waals surface area (Å²) in [5, 5.41) is 1.94. The van der Waals surface area contributed by atoms with Gasteiger partial charge in [0.05, 0.1) is 6.54 Å². The van der Waals surface area contributed by atoms with Gasteiger partial charge in [-0.2, -0.15) is 7.05 Å². The van der Waals surface area contributed by atoms with E-state index in [1.54, 1.807) is 0 Å². The highest BCUT2D eigenvalue weighted by molar-refractivity contribution is 5.21. The lowest BCUT2D eigenvalue weighted by Crippen LogP contribution is -2.74. The molecule has 0 heterocycles. The van der Waals surface area contributed by atoms with Crippen LogP contribution in [0.5, 0.6) is 0 Å². The third-order valence-electron chi connectivity index (χ3n) is 1.94. The molecule has 66 valence electrons. The summed E-state index contributed by atoms with van der Waals surface area (Å²) in [6.07, 6.45) is 2.41. The van der Waals surface area contributed by atoms with Crippen molar-refractivity contribution in [3.05, 3.63) is 42.4 Å². The van der Waals surface area contributed by atoms with Crippen molar-refractivity contribution in [3.63, 3.8) is 0 Å². The number of quaternary nitrogens is 1. The highest BCUT2D eigenvalue weighted by Crippen LogP contribution is 2.05. The van der Waals surface area contributed by atoms with E-state index in [0.29, 0.717) is 0 Å². The minimum Gasteiger partial charge on any atom is -0.475 e. The molecule has 0 atom stereocenters. The van der Waals surface area contributed by atoms with Gasteiger partial charge in [-0.1, -0.05) is 37.6 Å². The van der Waals surface area contributed by atoms with Gasteiger partial charge in [-0.15, -0.1) is 0 Å². The van der Waals surface area contributed by atoms with Crippen LogP contribution in [0.4, 0.5) is 0 Å². The molecule has 0 spiro atoms. The summed E-state index contributed by atoms with van der Waals surface area (Å²) >= 11 is 0. The maximum Gasteiger partial charge on any atom is 0.0773 e. The quantitative estimate of drug-likeness (QED) is 0.648. The smallest absolute Gasteiger partial charge is 0.0773 e. The Labute approximate surface area is 74.8 Å². The van der Waals surface area contributed by atoms with E-state index in [-0.39, 0.29) is 0 Å². The summed E-state index contributed by atoms with van der Waals surface area (Å²) in [6, 6.07) is 8.80. The Balaban J connectivity index is 2.58. The van der Waals surface area contributed by atoms with Gasteiger partial charge in [-0.05, 0) is 12.0 Å². The zero-order valence-corrected chi connectivity index (χ0v) is 7.72. The lowest BCUT2D eigenvalue weighted by atomic mass is 10.1. The summed E-state index contributed by atoms with van der Waals surface area (Å²) in [7, 11) is 3.71. The normalized spacial score (nSPS) is 10.2. The van der Waals surface area contributed by atoms with Crippen LogP contribution < -0.4 is 5.32 Å². The third kappa shape index (κ3) is 2.67. The summed E-state index contributed by atoms with van der Waals surface area (Å²) in [6.45, 7) is 3.18. The molecule has 0 amide bonds. The summed E-state index contributed by atoms with van der Waals surface area (Å²) in [4.78, 5) is 0. The van der Waals surface area contributed by atoms with Gasteiger partial charge in [0.2, 0.25) is 0 Å². The van der Waals surface area contributed by atoms with Gasteiger partial charge in [0.15, 0.2) is 0 Å². The molecule has 1 rings (SSSR count). The Hall–Kier alpha value is -0.820. The Morgan fingerprint density at radius 3 is 2.25 bits per heavy atom. The Bertz CT molecular complexity index is 188. The van der Waals surface area contributed by atoms with E-state index in [1.165, 1.54) is 24.0 Å². The van der Waals surface area contributed by atoms with Crippen LogP contribution in [-0.2, 0) is 13.0 Å². The predicted octanol–water partition coefficient (Wildman–Crippen LogP) is 1.49. The fraction of sp³-hybridized carbons (Fsp3) is 0.364. The lowest BCUT2D eigenvalue weighted by molar-refractivity contribution is -0.612. The molecule has 0 unspecified atom stereocenters. The maximum absolute atomic E-state index is 3.71. The molecule has 1 nitrogen and oxygen atoms in total. The van der Waals surface area contributed by atoms with Crippen LogP contribution in [0.25, 0.3) is 0 Å². The largest absolute Gasteiger partial charge is 0.475 e. The maximum atomic E-state index is 3.71. The summed E-state index contributed by atoms with van der Waals surface area (Å²) in [5.41, 5.74) is 2.79. The van der Waals surface area contributed by atoms with Gasteiger partial charge < -0.3 is 5.32 Å². The molecule has 12 heavy (non-hydrogen) atoms. The molecule has 0 saturated heterocycles. The van der Waals surface area contributed by atoms with Gasteiger partial charge in [-0.25, -0.2) is 0 Å². The minimum atomic E-state index is 0.979. The van der Waals surface area contributed by atoms with E-state index in [1.807, 2.05) is 5.32 Å². The number of hydrogen-bond acceptors (Lipinski definition) is 0. The Kier molecular flexibility index (Phi) is 3.81. The molecular formula is C11H17N. The molecule has 0 saturated carbocycles. The van der Waals surface area contributed by atoms with Gasteiger partial charge in [0.1, 0.15) is 0 Å². The van der Waals surface area contributed by atoms with Crippen LogP contribution in [0.15, 0.2) is 24.3 Å². The van der Waals surface area contributed by atoms with Crippen LogP contribution in [0.1, 0.15) is 24.5 Å². The number of benzene rings is 1. The van der Waals surface area contributed by atoms with E-state index < -0.39 is 0 Å². The molecule has 0 bridgehead atoms. The van der Waals surface area contributed by atoms with Crippen LogP contribution >= 0.6 is 0 Å². The van der Waals surface area contributed by atoms with Crippen LogP contribution in [0.3, 0.4) is 0 Å². The first-order valence-corrected chi connectivity index (χ1v) is 4.55. The van der Waals surface area contributed by atoms with Crippen LogP contribution in [0.2, 0.25) is 0 Å². The first-order valence-electron chi connectivity index (χ1n) is 4.55. The van der Waals surface area contributed by atoms with Crippen molar-refractivity contribution < 1.29 is 5.32 Å². The number of rotatable bonds is 4. The van der Waals surface area contributed by atoms with E-state index in [4.69, 9.17) is 0 Å². The fourth-order valence-electron chi connectivity index (χ4n) is 1.30. The lowest BCUT2D eigenvalue weighted by Gasteiger charge is -2.02. The average Bonchev–Trinajstić information content (AvgIpc) is 2.09. The summed E-state index contributed by atoms with van der Waals surface area (Å²) < 4.78 is 0. The SMILES string of the molecule is [CH2-][NH2+]Cc1ccc(CCC)cc1. The second-order valence-corrected chi connectivity index (χ2v) is 3.06. The first kappa shape index (κ1) is 9.27. The van der Waals surface area contributed by atoms with Crippen molar-refractivity contribution in [2.24, 2.45) is 0 Å². The minimum absolute atomic E-state index is 0.979. The Morgan fingerprint density at radius 1 is 1.17 bits per heavy atom. The van der Waals surface area contributed by atoms with E-state index >= 15 is 0 Å². The molecule has 1 aromatic rings. The van der Waals surface area contributed by atoms with Crippen molar-refractivity contribution in [2.75, 3.05) is 0 Å². The van der Waals surface area contributed by atoms with Gasteiger partial charge in [0.25, 0.3) is 0 Å². The molecule has 1 aromatic carbocycles. The monoisotopic (exact) mass is 163 g/mol. The standard InChI is InChI=1S/C11H17N/c1-3-4-10-5-7-11(8-6-10)9-12-2/h5-8H,2-4,9,12H2,1H3. The molecule has 2 N–H and O–H groups in total. The predicted molar refractivity (Wildman–Crippen MR) is 51.4 cm³/mol. The number of hydrogen-bond donors (Lipinski definition) is 1. The topological polar surface area (TPSA) is 16.6 Å². The zero-order valence-electron chi connectivity index (χ0n) is 7.72. The molecule has 1 heteroatoms. The third-order valence-corrected chi connectivity index (χ3v) is 1.94. The molecule has 0 radical (unpaired) electrons. The molecule has 0 aromatic heterocycles. The van der Waals surface area contributed by atoms with Crippen LogP contribution in [-0.4, -0.2) is 0 Å². The Morgan fingerprint density at radius 2 is 1.75 bits per heavy atom. The van der Waals surface area contributed by atoms with Crippen molar-refractivity contribution >= 4 is 0 Å². The molecule has 0 fully saturated rings. The fourth-order valence-corrected chi connectivity index (χ4v) is 1.30. The molecule has 0 aliphatic carbocycles. The number of aryl methyl sites for hydroxylation is 1. The van der Waals surface area contributed by atoms with Crippen LogP contribution in [0, 0.1) is 7.05 Å². The number of nitrogens with two attached hydrogens (primary N) is 1. The average molecular weight is 163 g/mol. The van der Waals surface area contributed by atoms with E-state index in [0.717, 1.165) is 6.54 Å². The molecular weight excluding hydrogens is 146 g/mol.